The predicted octanol–water partition coefficient (Wildman–Crippen LogP) is 3.94. The van der Waals surface area contributed by atoms with Gasteiger partial charge in [0.15, 0.2) is 0 Å². The molecule has 2 aliphatic carbocycles. The summed E-state index contributed by atoms with van der Waals surface area (Å²) in [5.41, 5.74) is 0.343. The number of carbonyl (C=O) groups is 1. The average Bonchev–Trinajstić information content (AvgIpc) is 3.07. The van der Waals surface area contributed by atoms with E-state index in [4.69, 9.17) is 16.3 Å². The number of ether oxygens (including phenoxy) is 1. The zero-order valence-corrected chi connectivity index (χ0v) is 15.4. The van der Waals surface area contributed by atoms with Crippen molar-refractivity contribution in [3.8, 4) is 0 Å². The van der Waals surface area contributed by atoms with Crippen molar-refractivity contribution in [2.75, 3.05) is 13.7 Å². The molecule has 2 fully saturated rings. The Bertz CT molecular complexity index is 609. The van der Waals surface area contributed by atoms with Crippen LogP contribution in [0, 0.1) is 17.8 Å². The van der Waals surface area contributed by atoms with Crippen molar-refractivity contribution in [1.82, 2.24) is 10.6 Å². The fraction of sp³-hybridized carbons (Fsp3) is 0.632. The van der Waals surface area contributed by atoms with Crippen LogP contribution in [0.1, 0.15) is 38.7 Å². The van der Waals surface area contributed by atoms with Gasteiger partial charge in [0, 0.05) is 18.2 Å². The van der Waals surface area contributed by atoms with E-state index in [9.17, 15) is 4.79 Å². The zero-order chi connectivity index (χ0) is 17.3. The third-order valence-corrected chi connectivity index (χ3v) is 6.39. The van der Waals surface area contributed by atoms with E-state index in [0.717, 1.165) is 23.8 Å². The Labute approximate surface area is 149 Å². The molecule has 2 saturated carbocycles. The first-order valence-electron chi connectivity index (χ1n) is 8.78. The van der Waals surface area contributed by atoms with Gasteiger partial charge in [-0.05, 0) is 61.6 Å². The molecule has 3 rings (SSSR count). The maximum Gasteiger partial charge on any atom is 0.315 e. The summed E-state index contributed by atoms with van der Waals surface area (Å²) in [6, 6.07) is 7.78. The molecule has 132 valence electrons. The number of carbonyl (C=O) groups excluding carboxylic acids is 1. The SMILES string of the molecule is COC(C)(CNC(=O)N[C@H]1CC2CCC1[C@@H]2C)c1cccc(Cl)c1. The van der Waals surface area contributed by atoms with Crippen molar-refractivity contribution in [3.05, 3.63) is 34.9 Å². The molecule has 0 aromatic heterocycles. The summed E-state index contributed by atoms with van der Waals surface area (Å²) in [6.07, 6.45) is 3.69. The van der Waals surface area contributed by atoms with Gasteiger partial charge in [0.2, 0.25) is 0 Å². The van der Waals surface area contributed by atoms with E-state index in [1.54, 1.807) is 7.11 Å². The second-order valence-electron chi connectivity index (χ2n) is 7.47. The first-order valence-corrected chi connectivity index (χ1v) is 9.16. The van der Waals surface area contributed by atoms with Crippen LogP contribution < -0.4 is 10.6 Å². The van der Waals surface area contributed by atoms with Gasteiger partial charge in [0.1, 0.15) is 5.60 Å². The Morgan fingerprint density at radius 2 is 2.21 bits per heavy atom. The Morgan fingerprint density at radius 1 is 1.42 bits per heavy atom. The molecule has 0 spiro atoms. The highest BCUT2D eigenvalue weighted by molar-refractivity contribution is 6.30. The van der Waals surface area contributed by atoms with Crippen molar-refractivity contribution in [2.45, 2.75) is 44.8 Å². The fourth-order valence-electron chi connectivity index (χ4n) is 4.43. The lowest BCUT2D eigenvalue weighted by atomic mass is 9.95. The minimum absolute atomic E-state index is 0.106. The maximum absolute atomic E-state index is 12.3. The topological polar surface area (TPSA) is 50.4 Å². The summed E-state index contributed by atoms with van der Waals surface area (Å²) < 4.78 is 5.66. The molecule has 1 aromatic rings. The van der Waals surface area contributed by atoms with Gasteiger partial charge in [0.05, 0.1) is 6.54 Å². The first kappa shape index (κ1) is 17.6. The van der Waals surface area contributed by atoms with Crippen LogP contribution in [-0.4, -0.2) is 25.7 Å². The average molecular weight is 351 g/mol. The normalized spacial score (nSPS) is 30.8. The summed E-state index contributed by atoms with van der Waals surface area (Å²) in [6.45, 7) is 4.67. The van der Waals surface area contributed by atoms with Crippen LogP contribution in [0.2, 0.25) is 5.02 Å². The molecular formula is C19H27ClN2O2. The predicted molar refractivity (Wildman–Crippen MR) is 96.1 cm³/mol. The van der Waals surface area contributed by atoms with Gasteiger partial charge in [0.25, 0.3) is 0 Å². The van der Waals surface area contributed by atoms with Gasteiger partial charge < -0.3 is 15.4 Å². The van der Waals surface area contributed by atoms with Gasteiger partial charge in [-0.25, -0.2) is 4.79 Å². The first-order chi connectivity index (χ1) is 11.4. The molecule has 0 heterocycles. The van der Waals surface area contributed by atoms with Crippen LogP contribution in [0.25, 0.3) is 0 Å². The largest absolute Gasteiger partial charge is 0.372 e. The monoisotopic (exact) mass is 350 g/mol. The number of rotatable bonds is 5. The van der Waals surface area contributed by atoms with E-state index in [2.05, 4.69) is 17.6 Å². The lowest BCUT2D eigenvalue weighted by Crippen LogP contribution is -2.48. The third kappa shape index (κ3) is 3.40. The van der Waals surface area contributed by atoms with Crippen molar-refractivity contribution >= 4 is 17.6 Å². The quantitative estimate of drug-likeness (QED) is 0.845. The number of hydrogen-bond donors (Lipinski definition) is 2. The molecule has 4 nitrogen and oxygen atoms in total. The van der Waals surface area contributed by atoms with Crippen molar-refractivity contribution in [1.29, 1.82) is 0 Å². The lowest BCUT2D eigenvalue weighted by molar-refractivity contribution is 0.00477. The number of benzene rings is 1. The Balaban J connectivity index is 1.56. The Hall–Kier alpha value is -1.26. The highest BCUT2D eigenvalue weighted by Gasteiger charge is 2.46. The van der Waals surface area contributed by atoms with E-state index in [-0.39, 0.29) is 6.03 Å². The highest BCUT2D eigenvalue weighted by Crippen LogP contribution is 2.48. The number of urea groups is 1. The zero-order valence-electron chi connectivity index (χ0n) is 14.6. The molecule has 2 bridgehead atoms. The standard InChI is InChI=1S/C19H27ClN2O2/c1-12-13-7-8-16(12)17(9-13)22-18(23)21-11-19(2,24-3)14-5-4-6-15(20)10-14/h4-6,10,12-13,16-17H,7-9,11H2,1-3H3,(H2,21,22,23)/t12-,13?,16?,17+,19?/m1/s1. The Morgan fingerprint density at radius 3 is 2.79 bits per heavy atom. The smallest absolute Gasteiger partial charge is 0.315 e. The summed E-state index contributed by atoms with van der Waals surface area (Å²) in [5.74, 6) is 2.17. The van der Waals surface area contributed by atoms with Crippen molar-refractivity contribution < 1.29 is 9.53 Å². The third-order valence-electron chi connectivity index (χ3n) is 6.15. The minimum atomic E-state index is -0.607. The molecule has 5 atom stereocenters. The van der Waals surface area contributed by atoms with E-state index >= 15 is 0 Å². The van der Waals surface area contributed by atoms with Gasteiger partial charge in [-0.2, -0.15) is 0 Å². The second-order valence-corrected chi connectivity index (χ2v) is 7.91. The van der Waals surface area contributed by atoms with E-state index in [1.807, 2.05) is 31.2 Å². The van der Waals surface area contributed by atoms with E-state index in [1.165, 1.54) is 12.8 Å². The van der Waals surface area contributed by atoms with Crippen LogP contribution in [-0.2, 0) is 10.3 Å². The number of halogens is 1. The molecule has 1 aromatic carbocycles. The summed E-state index contributed by atoms with van der Waals surface area (Å²) in [5, 5.41) is 6.81. The van der Waals surface area contributed by atoms with Crippen LogP contribution >= 0.6 is 11.6 Å². The van der Waals surface area contributed by atoms with Crippen LogP contribution in [0.15, 0.2) is 24.3 Å². The Kier molecular flexibility index (Phi) is 5.07. The molecule has 24 heavy (non-hydrogen) atoms. The minimum Gasteiger partial charge on any atom is -0.372 e. The molecule has 0 aliphatic heterocycles. The van der Waals surface area contributed by atoms with Crippen LogP contribution in [0.3, 0.4) is 0 Å². The van der Waals surface area contributed by atoms with Gasteiger partial charge >= 0.3 is 6.03 Å². The molecule has 0 radical (unpaired) electrons. The molecule has 2 aliphatic rings. The number of hydrogen-bond acceptors (Lipinski definition) is 2. The van der Waals surface area contributed by atoms with Crippen LogP contribution in [0.5, 0.6) is 0 Å². The van der Waals surface area contributed by atoms with Crippen molar-refractivity contribution in [3.63, 3.8) is 0 Å². The number of amides is 2. The van der Waals surface area contributed by atoms with Gasteiger partial charge in [-0.1, -0.05) is 30.7 Å². The summed E-state index contributed by atoms with van der Waals surface area (Å²) in [4.78, 5) is 12.3. The molecule has 5 heteroatoms. The summed E-state index contributed by atoms with van der Waals surface area (Å²) in [7, 11) is 1.65. The lowest BCUT2D eigenvalue weighted by Gasteiger charge is -2.30. The second kappa shape index (κ2) is 6.93. The van der Waals surface area contributed by atoms with E-state index < -0.39 is 5.60 Å². The number of methoxy groups -OCH3 is 1. The van der Waals surface area contributed by atoms with Gasteiger partial charge in [-0.15, -0.1) is 0 Å². The maximum atomic E-state index is 12.3. The fourth-order valence-corrected chi connectivity index (χ4v) is 4.62. The molecule has 2 N–H and O–H groups in total. The number of nitrogens with one attached hydrogen (secondary N) is 2. The van der Waals surface area contributed by atoms with Crippen LogP contribution in [0.4, 0.5) is 4.79 Å². The molecule has 0 saturated heterocycles. The molecule has 2 amide bonds. The summed E-state index contributed by atoms with van der Waals surface area (Å²) >= 11 is 6.08. The molecule has 3 unspecified atom stereocenters. The number of fused-ring (bicyclic) bond motifs is 2. The van der Waals surface area contributed by atoms with Crippen molar-refractivity contribution in [2.24, 2.45) is 17.8 Å². The van der Waals surface area contributed by atoms with E-state index in [0.29, 0.717) is 23.5 Å². The highest BCUT2D eigenvalue weighted by atomic mass is 35.5. The molecular weight excluding hydrogens is 324 g/mol. The van der Waals surface area contributed by atoms with Gasteiger partial charge in [-0.3, -0.25) is 0 Å².